The highest BCUT2D eigenvalue weighted by molar-refractivity contribution is 7.22. The molecular weight excluding hydrogens is 346 g/mol. The molecule has 1 aromatic heterocycles. The van der Waals surface area contributed by atoms with Crippen molar-refractivity contribution in [3.8, 4) is 0 Å². The quantitative estimate of drug-likeness (QED) is 0.540. The van der Waals surface area contributed by atoms with Crippen molar-refractivity contribution < 1.29 is 13.6 Å². The lowest BCUT2D eigenvalue weighted by Gasteiger charge is -2.05. The zero-order valence-electron chi connectivity index (χ0n) is 13.2. The van der Waals surface area contributed by atoms with Gasteiger partial charge in [0.2, 0.25) is 0 Å². The van der Waals surface area contributed by atoms with E-state index in [-0.39, 0.29) is 17.8 Å². The molecule has 0 saturated heterocycles. The molecule has 1 amide bonds. The van der Waals surface area contributed by atoms with E-state index in [1.807, 2.05) is 24.3 Å². The van der Waals surface area contributed by atoms with Crippen LogP contribution in [-0.2, 0) is 4.79 Å². The second kappa shape index (κ2) is 7.35. The predicted molar refractivity (Wildman–Crippen MR) is 94.8 cm³/mol. The predicted octanol–water partition coefficient (Wildman–Crippen LogP) is 3.53. The zero-order valence-corrected chi connectivity index (χ0v) is 14.0. The van der Waals surface area contributed by atoms with E-state index < -0.39 is 17.5 Å². The molecule has 0 atom stereocenters. The average Bonchev–Trinajstić information content (AvgIpc) is 3.01. The molecular formula is C17H14F2N4OS. The van der Waals surface area contributed by atoms with Crippen LogP contribution in [0.25, 0.3) is 10.2 Å². The van der Waals surface area contributed by atoms with Crippen LogP contribution in [0.1, 0.15) is 12.5 Å². The summed E-state index contributed by atoms with van der Waals surface area (Å²) in [6.45, 7) is 1.50. The Morgan fingerprint density at radius 3 is 2.80 bits per heavy atom. The Morgan fingerprint density at radius 2 is 2.04 bits per heavy atom. The van der Waals surface area contributed by atoms with Crippen LogP contribution in [0.2, 0.25) is 0 Å². The standard InChI is InChI=1S/C17H14F2N4OS/c1-10(12-7-6-11(18)8-13(12)19)22-23-16(24)9-20-17-21-14-4-2-3-5-15(14)25-17/h2-8H,9H2,1H3,(H,20,21)(H,23,24)/b22-10-. The van der Waals surface area contributed by atoms with Gasteiger partial charge in [-0.25, -0.2) is 19.2 Å². The van der Waals surface area contributed by atoms with E-state index in [2.05, 4.69) is 20.8 Å². The van der Waals surface area contributed by atoms with E-state index in [0.717, 1.165) is 22.3 Å². The molecule has 1 heterocycles. The van der Waals surface area contributed by atoms with Gasteiger partial charge in [0.1, 0.15) is 11.6 Å². The van der Waals surface area contributed by atoms with Crippen LogP contribution in [-0.4, -0.2) is 23.1 Å². The molecule has 3 aromatic rings. The minimum Gasteiger partial charge on any atom is -0.352 e. The molecule has 0 bridgehead atoms. The van der Waals surface area contributed by atoms with Crippen molar-refractivity contribution in [1.29, 1.82) is 0 Å². The molecule has 3 rings (SSSR count). The number of hydrogen-bond donors (Lipinski definition) is 2. The van der Waals surface area contributed by atoms with E-state index in [1.165, 1.54) is 24.3 Å². The number of benzene rings is 2. The summed E-state index contributed by atoms with van der Waals surface area (Å²) in [5.41, 5.74) is 3.55. The first-order chi connectivity index (χ1) is 12.0. The Balaban J connectivity index is 1.58. The Morgan fingerprint density at radius 1 is 1.24 bits per heavy atom. The highest BCUT2D eigenvalue weighted by Crippen LogP contribution is 2.24. The third-order valence-corrected chi connectivity index (χ3v) is 4.36. The smallest absolute Gasteiger partial charge is 0.259 e. The lowest BCUT2D eigenvalue weighted by molar-refractivity contribution is -0.119. The number of para-hydroxylation sites is 1. The van der Waals surface area contributed by atoms with Crippen LogP contribution >= 0.6 is 11.3 Å². The van der Waals surface area contributed by atoms with Crippen LogP contribution in [0.4, 0.5) is 13.9 Å². The van der Waals surface area contributed by atoms with Crippen LogP contribution in [0.15, 0.2) is 47.6 Å². The number of aromatic nitrogens is 1. The molecule has 2 N–H and O–H groups in total. The van der Waals surface area contributed by atoms with Crippen molar-refractivity contribution >= 4 is 38.3 Å². The summed E-state index contributed by atoms with van der Waals surface area (Å²) in [6.07, 6.45) is 0. The fourth-order valence-corrected chi connectivity index (χ4v) is 2.99. The average molecular weight is 360 g/mol. The minimum absolute atomic E-state index is 0.0253. The summed E-state index contributed by atoms with van der Waals surface area (Å²) < 4.78 is 27.6. The van der Waals surface area contributed by atoms with Gasteiger partial charge in [-0.05, 0) is 31.2 Å². The largest absolute Gasteiger partial charge is 0.352 e. The molecule has 128 valence electrons. The summed E-state index contributed by atoms with van der Waals surface area (Å²) >= 11 is 1.44. The molecule has 2 aromatic carbocycles. The molecule has 0 unspecified atom stereocenters. The zero-order chi connectivity index (χ0) is 17.8. The lowest BCUT2D eigenvalue weighted by Crippen LogP contribution is -2.26. The maximum atomic E-state index is 13.6. The van der Waals surface area contributed by atoms with Crippen molar-refractivity contribution in [2.75, 3.05) is 11.9 Å². The van der Waals surface area contributed by atoms with Gasteiger partial charge in [0.05, 0.1) is 22.5 Å². The van der Waals surface area contributed by atoms with Gasteiger partial charge in [0, 0.05) is 11.6 Å². The molecule has 0 fully saturated rings. The molecule has 0 spiro atoms. The number of halogens is 2. The van der Waals surface area contributed by atoms with Gasteiger partial charge in [-0.2, -0.15) is 5.10 Å². The van der Waals surface area contributed by atoms with Crippen LogP contribution in [0.3, 0.4) is 0 Å². The summed E-state index contributed by atoms with van der Waals surface area (Å²) in [5.74, 6) is -1.80. The van der Waals surface area contributed by atoms with Crippen LogP contribution < -0.4 is 10.7 Å². The molecule has 8 heteroatoms. The first-order valence-electron chi connectivity index (χ1n) is 7.41. The normalized spacial score (nSPS) is 11.6. The summed E-state index contributed by atoms with van der Waals surface area (Å²) in [6, 6.07) is 10.8. The third kappa shape index (κ3) is 4.16. The first-order valence-corrected chi connectivity index (χ1v) is 8.22. The van der Waals surface area contributed by atoms with Crippen molar-refractivity contribution in [3.05, 3.63) is 59.7 Å². The lowest BCUT2D eigenvalue weighted by atomic mass is 10.1. The highest BCUT2D eigenvalue weighted by atomic mass is 32.1. The van der Waals surface area contributed by atoms with Gasteiger partial charge in [-0.3, -0.25) is 4.79 Å². The number of carbonyl (C=O) groups excluding carboxylic acids is 1. The molecule has 0 radical (unpaired) electrons. The summed E-state index contributed by atoms with van der Waals surface area (Å²) in [4.78, 5) is 16.2. The van der Waals surface area contributed by atoms with Crippen molar-refractivity contribution in [3.63, 3.8) is 0 Å². The van der Waals surface area contributed by atoms with E-state index in [9.17, 15) is 13.6 Å². The SMILES string of the molecule is C/C(=N/NC(=O)CNc1nc2ccccc2s1)c1ccc(F)cc1F. The van der Waals surface area contributed by atoms with Gasteiger partial charge in [0.25, 0.3) is 5.91 Å². The fraction of sp³-hybridized carbons (Fsp3) is 0.118. The topological polar surface area (TPSA) is 66.4 Å². The number of nitrogens with zero attached hydrogens (tertiary/aromatic N) is 2. The third-order valence-electron chi connectivity index (χ3n) is 3.36. The second-order valence-electron chi connectivity index (χ2n) is 5.20. The Labute approximate surface area is 146 Å². The number of fused-ring (bicyclic) bond motifs is 1. The number of rotatable bonds is 5. The van der Waals surface area contributed by atoms with Crippen LogP contribution in [0, 0.1) is 11.6 Å². The molecule has 25 heavy (non-hydrogen) atoms. The van der Waals surface area contributed by atoms with Gasteiger partial charge >= 0.3 is 0 Å². The second-order valence-corrected chi connectivity index (χ2v) is 6.23. The van der Waals surface area contributed by atoms with Gasteiger partial charge < -0.3 is 5.32 Å². The molecule has 0 aliphatic carbocycles. The first kappa shape index (κ1) is 17.0. The molecule has 0 aliphatic rings. The number of thiazole rings is 1. The Kier molecular flexibility index (Phi) is 4.99. The van der Waals surface area contributed by atoms with Gasteiger partial charge in [-0.1, -0.05) is 23.5 Å². The van der Waals surface area contributed by atoms with Crippen molar-refractivity contribution in [1.82, 2.24) is 10.4 Å². The van der Waals surface area contributed by atoms with E-state index in [0.29, 0.717) is 5.13 Å². The summed E-state index contributed by atoms with van der Waals surface area (Å²) in [7, 11) is 0. The van der Waals surface area contributed by atoms with Crippen LogP contribution in [0.5, 0.6) is 0 Å². The maximum Gasteiger partial charge on any atom is 0.259 e. The number of nitrogens with one attached hydrogen (secondary N) is 2. The van der Waals surface area contributed by atoms with E-state index >= 15 is 0 Å². The monoisotopic (exact) mass is 360 g/mol. The fourth-order valence-electron chi connectivity index (χ4n) is 2.13. The molecule has 5 nitrogen and oxygen atoms in total. The molecule has 0 aliphatic heterocycles. The molecule has 0 saturated carbocycles. The van der Waals surface area contributed by atoms with Crippen molar-refractivity contribution in [2.24, 2.45) is 5.10 Å². The minimum atomic E-state index is -0.733. The van der Waals surface area contributed by atoms with Gasteiger partial charge in [0.15, 0.2) is 5.13 Å². The van der Waals surface area contributed by atoms with Gasteiger partial charge in [-0.15, -0.1) is 0 Å². The summed E-state index contributed by atoms with van der Waals surface area (Å²) in [5, 5.41) is 7.38. The maximum absolute atomic E-state index is 13.6. The number of hydrazone groups is 1. The van der Waals surface area contributed by atoms with Crippen molar-refractivity contribution in [2.45, 2.75) is 6.92 Å². The number of anilines is 1. The number of hydrogen-bond acceptors (Lipinski definition) is 5. The van der Waals surface area contributed by atoms with E-state index in [4.69, 9.17) is 0 Å². The number of carbonyl (C=O) groups is 1. The Bertz CT molecular complexity index is 922. The van der Waals surface area contributed by atoms with E-state index in [1.54, 1.807) is 0 Å². The number of amides is 1. The highest BCUT2D eigenvalue weighted by Gasteiger charge is 2.08. The Hall–Kier alpha value is -2.87.